The van der Waals surface area contributed by atoms with Crippen LogP contribution in [0.3, 0.4) is 0 Å². The maximum Gasteiger partial charge on any atom is 0.310 e. The van der Waals surface area contributed by atoms with Crippen LogP contribution in [0.4, 0.5) is 5.69 Å². The van der Waals surface area contributed by atoms with Gasteiger partial charge in [0, 0.05) is 4.47 Å². The first-order valence-electron chi connectivity index (χ1n) is 7.32. The third-order valence-corrected chi connectivity index (χ3v) is 3.90. The molecule has 5 nitrogen and oxygen atoms in total. The summed E-state index contributed by atoms with van der Waals surface area (Å²) in [4.78, 5) is 23.7. The molecule has 0 bridgehead atoms. The minimum Gasteiger partial charge on any atom is -0.497 e. The smallest absolute Gasteiger partial charge is 0.310 e. The molecule has 126 valence electrons. The lowest BCUT2D eigenvalue weighted by Gasteiger charge is -2.09. The van der Waals surface area contributed by atoms with Crippen LogP contribution < -0.4 is 10.1 Å². The second kappa shape index (κ2) is 8.49. The highest BCUT2D eigenvalue weighted by Crippen LogP contribution is 2.23. The molecule has 0 fully saturated rings. The molecule has 1 amide bonds. The number of hydrogen-bond donors (Lipinski definition) is 1. The highest BCUT2D eigenvalue weighted by atomic mass is 79.9. The topological polar surface area (TPSA) is 64.6 Å². The summed E-state index contributed by atoms with van der Waals surface area (Å²) < 4.78 is 10.9. The molecule has 0 radical (unpaired) electrons. The van der Waals surface area contributed by atoms with Gasteiger partial charge in [0.1, 0.15) is 5.75 Å². The molecule has 24 heavy (non-hydrogen) atoms. The van der Waals surface area contributed by atoms with Crippen LogP contribution >= 0.6 is 15.9 Å². The van der Waals surface area contributed by atoms with Crippen molar-refractivity contribution in [2.24, 2.45) is 0 Å². The van der Waals surface area contributed by atoms with E-state index in [9.17, 15) is 9.59 Å². The van der Waals surface area contributed by atoms with Crippen LogP contribution in [0.2, 0.25) is 0 Å². The van der Waals surface area contributed by atoms with E-state index in [2.05, 4.69) is 21.2 Å². The summed E-state index contributed by atoms with van der Waals surface area (Å²) in [6.07, 6.45) is 0.0820. The van der Waals surface area contributed by atoms with Gasteiger partial charge < -0.3 is 14.8 Å². The first-order chi connectivity index (χ1) is 11.5. The van der Waals surface area contributed by atoms with Crippen LogP contribution in [0.1, 0.15) is 11.1 Å². The highest BCUT2D eigenvalue weighted by molar-refractivity contribution is 9.10. The molecule has 6 heteroatoms. The standard InChI is InChI=1S/C18H18BrNO4/c1-12-6-7-16(15(19)8-12)20-17(21)11-24-18(22)10-13-4-3-5-14(9-13)23-2/h3-9H,10-11H2,1-2H3,(H,20,21). The molecular formula is C18H18BrNO4. The number of carbonyl (C=O) groups excluding carboxylic acids is 2. The number of rotatable bonds is 6. The Balaban J connectivity index is 1.83. The zero-order valence-corrected chi connectivity index (χ0v) is 15.1. The molecule has 0 heterocycles. The maximum absolute atomic E-state index is 11.9. The molecule has 2 aromatic rings. The SMILES string of the molecule is COc1cccc(CC(=O)OCC(=O)Nc2ccc(C)cc2Br)c1. The zero-order chi connectivity index (χ0) is 17.5. The summed E-state index contributed by atoms with van der Waals surface area (Å²) in [6, 6.07) is 12.7. The second-order valence-electron chi connectivity index (χ2n) is 5.22. The molecule has 0 unspecified atom stereocenters. The minimum atomic E-state index is -0.471. The molecule has 0 aromatic heterocycles. The van der Waals surface area contributed by atoms with Crippen molar-refractivity contribution >= 4 is 33.5 Å². The van der Waals surface area contributed by atoms with Gasteiger partial charge in [-0.05, 0) is 58.2 Å². The molecule has 0 aliphatic rings. The van der Waals surface area contributed by atoms with Gasteiger partial charge in [-0.1, -0.05) is 18.2 Å². The van der Waals surface area contributed by atoms with E-state index < -0.39 is 11.9 Å². The average molecular weight is 392 g/mol. The third kappa shape index (κ3) is 5.38. The number of benzene rings is 2. The van der Waals surface area contributed by atoms with Crippen molar-refractivity contribution in [2.75, 3.05) is 19.0 Å². The summed E-state index contributed by atoms with van der Waals surface area (Å²) in [7, 11) is 1.56. The number of ether oxygens (including phenoxy) is 2. The third-order valence-electron chi connectivity index (χ3n) is 3.25. The molecule has 1 N–H and O–H groups in total. The first-order valence-corrected chi connectivity index (χ1v) is 8.12. The van der Waals surface area contributed by atoms with Crippen LogP contribution in [0, 0.1) is 6.92 Å². The zero-order valence-electron chi connectivity index (χ0n) is 13.5. The van der Waals surface area contributed by atoms with Crippen molar-refractivity contribution < 1.29 is 19.1 Å². The second-order valence-corrected chi connectivity index (χ2v) is 6.07. The fourth-order valence-electron chi connectivity index (χ4n) is 2.05. The number of esters is 1. The quantitative estimate of drug-likeness (QED) is 0.765. The molecule has 2 rings (SSSR count). The van der Waals surface area contributed by atoms with Crippen LogP contribution in [0.5, 0.6) is 5.75 Å². The van der Waals surface area contributed by atoms with E-state index >= 15 is 0 Å². The lowest BCUT2D eigenvalue weighted by molar-refractivity contribution is -0.146. The van der Waals surface area contributed by atoms with Crippen molar-refractivity contribution in [1.82, 2.24) is 0 Å². The summed E-state index contributed by atoms with van der Waals surface area (Å²) >= 11 is 3.38. The van der Waals surface area contributed by atoms with E-state index in [-0.39, 0.29) is 13.0 Å². The van der Waals surface area contributed by atoms with E-state index in [1.807, 2.05) is 19.1 Å². The van der Waals surface area contributed by atoms with Gasteiger partial charge in [-0.2, -0.15) is 0 Å². The van der Waals surface area contributed by atoms with Gasteiger partial charge in [-0.3, -0.25) is 9.59 Å². The van der Waals surface area contributed by atoms with Gasteiger partial charge in [0.05, 0.1) is 19.2 Å². The predicted molar refractivity (Wildman–Crippen MR) is 95.2 cm³/mol. The molecular weight excluding hydrogens is 374 g/mol. The Morgan fingerprint density at radius 1 is 1.17 bits per heavy atom. The number of aryl methyl sites for hydroxylation is 1. The van der Waals surface area contributed by atoms with Gasteiger partial charge in [-0.15, -0.1) is 0 Å². The number of anilines is 1. The Morgan fingerprint density at radius 2 is 1.96 bits per heavy atom. The fraction of sp³-hybridized carbons (Fsp3) is 0.222. The predicted octanol–water partition coefficient (Wildman–Crippen LogP) is 3.49. The van der Waals surface area contributed by atoms with E-state index in [4.69, 9.17) is 9.47 Å². The Bertz CT molecular complexity index is 746. The van der Waals surface area contributed by atoms with Crippen molar-refractivity contribution in [3.05, 3.63) is 58.1 Å². The van der Waals surface area contributed by atoms with Gasteiger partial charge >= 0.3 is 5.97 Å². The molecule has 0 saturated carbocycles. The number of nitrogens with one attached hydrogen (secondary N) is 1. The van der Waals surface area contributed by atoms with Crippen LogP contribution in [-0.4, -0.2) is 25.6 Å². The molecule has 0 atom stereocenters. The summed E-state index contributed by atoms with van der Waals surface area (Å²) in [5.41, 5.74) is 2.47. The Morgan fingerprint density at radius 3 is 2.67 bits per heavy atom. The van der Waals surface area contributed by atoms with Gasteiger partial charge in [0.2, 0.25) is 0 Å². The molecule has 0 aliphatic carbocycles. The average Bonchev–Trinajstić information content (AvgIpc) is 2.56. The Kier molecular flexibility index (Phi) is 6.37. The molecule has 0 spiro atoms. The lowest BCUT2D eigenvalue weighted by Crippen LogP contribution is -2.21. The van der Waals surface area contributed by atoms with Gasteiger partial charge in [0.15, 0.2) is 6.61 Å². The molecule has 0 saturated heterocycles. The number of hydrogen-bond acceptors (Lipinski definition) is 4. The number of carbonyl (C=O) groups is 2. The molecule has 0 aliphatic heterocycles. The first kappa shape index (κ1) is 18.0. The van der Waals surface area contributed by atoms with E-state index in [0.717, 1.165) is 15.6 Å². The van der Waals surface area contributed by atoms with Crippen LogP contribution in [-0.2, 0) is 20.7 Å². The van der Waals surface area contributed by atoms with Gasteiger partial charge in [-0.25, -0.2) is 0 Å². The fourth-order valence-corrected chi connectivity index (χ4v) is 2.65. The monoisotopic (exact) mass is 391 g/mol. The number of methoxy groups -OCH3 is 1. The lowest BCUT2D eigenvalue weighted by atomic mass is 10.1. The van der Waals surface area contributed by atoms with E-state index in [0.29, 0.717) is 11.4 Å². The molecule has 2 aromatic carbocycles. The summed E-state index contributed by atoms with van der Waals surface area (Å²) in [6.45, 7) is 1.62. The largest absolute Gasteiger partial charge is 0.497 e. The van der Waals surface area contributed by atoms with Crippen molar-refractivity contribution in [2.45, 2.75) is 13.3 Å². The van der Waals surface area contributed by atoms with Crippen molar-refractivity contribution in [3.63, 3.8) is 0 Å². The Labute approximate surface area is 149 Å². The summed E-state index contributed by atoms with van der Waals surface area (Å²) in [5.74, 6) is -0.192. The minimum absolute atomic E-state index is 0.0820. The van der Waals surface area contributed by atoms with Gasteiger partial charge in [0.25, 0.3) is 5.91 Å². The van der Waals surface area contributed by atoms with E-state index in [1.54, 1.807) is 37.4 Å². The normalized spacial score (nSPS) is 10.1. The van der Waals surface area contributed by atoms with Crippen LogP contribution in [0.25, 0.3) is 0 Å². The highest BCUT2D eigenvalue weighted by Gasteiger charge is 2.10. The maximum atomic E-state index is 11.9. The Hall–Kier alpha value is -2.34. The number of halogens is 1. The number of amides is 1. The van der Waals surface area contributed by atoms with Crippen molar-refractivity contribution in [1.29, 1.82) is 0 Å². The summed E-state index contributed by atoms with van der Waals surface area (Å²) in [5, 5.41) is 2.69. The van der Waals surface area contributed by atoms with Crippen molar-refractivity contribution in [3.8, 4) is 5.75 Å². The van der Waals surface area contributed by atoms with Crippen LogP contribution in [0.15, 0.2) is 46.9 Å². The van der Waals surface area contributed by atoms with E-state index in [1.165, 1.54) is 0 Å².